The van der Waals surface area contributed by atoms with E-state index in [4.69, 9.17) is 0 Å². The summed E-state index contributed by atoms with van der Waals surface area (Å²) >= 11 is 0. The zero-order valence-corrected chi connectivity index (χ0v) is 12.2. The summed E-state index contributed by atoms with van der Waals surface area (Å²) in [6, 6.07) is 20.8. The first-order valence-corrected chi connectivity index (χ1v) is 7.05. The average Bonchev–Trinajstić information content (AvgIpc) is 2.58. The van der Waals surface area contributed by atoms with Crippen LogP contribution in [0.3, 0.4) is 0 Å². The molecule has 0 aliphatic rings. The third kappa shape index (κ3) is 3.66. The van der Waals surface area contributed by atoms with E-state index in [1.54, 1.807) is 0 Å². The lowest BCUT2D eigenvalue weighted by atomic mass is 10.1. The molecule has 1 aromatic heterocycles. The van der Waals surface area contributed by atoms with Crippen molar-refractivity contribution >= 4 is 0 Å². The Morgan fingerprint density at radius 2 is 1.33 bits per heavy atom. The zero-order valence-electron chi connectivity index (χ0n) is 12.2. The molecule has 0 bridgehead atoms. The van der Waals surface area contributed by atoms with Gasteiger partial charge >= 0.3 is 0 Å². The number of aromatic nitrogens is 2. The highest BCUT2D eigenvalue weighted by atomic mass is 16.1. The molecule has 0 amide bonds. The summed E-state index contributed by atoms with van der Waals surface area (Å²) < 4.78 is 0. The molecule has 0 radical (unpaired) electrons. The molecule has 0 aliphatic carbocycles. The third-order valence-electron chi connectivity index (χ3n) is 2.86. The van der Waals surface area contributed by atoms with Crippen molar-refractivity contribution < 1.29 is 0 Å². The molecular formula is C18H18N2O. The van der Waals surface area contributed by atoms with Crippen LogP contribution in [-0.4, -0.2) is 9.97 Å². The van der Waals surface area contributed by atoms with E-state index in [1.807, 2.05) is 74.5 Å². The summed E-state index contributed by atoms with van der Waals surface area (Å²) in [5.41, 5.74) is 2.37. The van der Waals surface area contributed by atoms with Gasteiger partial charge < -0.3 is 4.98 Å². The molecule has 0 spiro atoms. The van der Waals surface area contributed by atoms with E-state index in [9.17, 15) is 4.79 Å². The summed E-state index contributed by atoms with van der Waals surface area (Å²) in [7, 11) is 0. The van der Waals surface area contributed by atoms with Crippen molar-refractivity contribution in [3.05, 3.63) is 77.1 Å². The summed E-state index contributed by atoms with van der Waals surface area (Å²) in [5, 5.41) is 0. The lowest BCUT2D eigenvalue weighted by molar-refractivity contribution is 1.13. The lowest BCUT2D eigenvalue weighted by Gasteiger charge is -2.04. The Labute approximate surface area is 124 Å². The van der Waals surface area contributed by atoms with Gasteiger partial charge in [0.2, 0.25) is 0 Å². The Morgan fingerprint density at radius 3 is 1.90 bits per heavy atom. The van der Waals surface area contributed by atoms with E-state index in [2.05, 4.69) is 9.97 Å². The van der Waals surface area contributed by atoms with Crippen molar-refractivity contribution in [1.82, 2.24) is 9.97 Å². The molecule has 3 aromatic rings. The molecule has 21 heavy (non-hydrogen) atoms. The maximum Gasteiger partial charge on any atom is 0.251 e. The van der Waals surface area contributed by atoms with Gasteiger partial charge in [-0.3, -0.25) is 4.79 Å². The van der Waals surface area contributed by atoms with Crippen LogP contribution < -0.4 is 5.56 Å². The molecule has 3 nitrogen and oxygen atoms in total. The smallest absolute Gasteiger partial charge is 0.251 e. The van der Waals surface area contributed by atoms with Crippen LogP contribution in [0.5, 0.6) is 0 Å². The second kappa shape index (κ2) is 7.20. The van der Waals surface area contributed by atoms with Crippen LogP contribution in [0.25, 0.3) is 22.6 Å². The first-order chi connectivity index (χ1) is 10.3. The second-order valence-electron chi connectivity index (χ2n) is 4.21. The topological polar surface area (TPSA) is 45.8 Å². The van der Waals surface area contributed by atoms with Gasteiger partial charge in [-0.2, -0.15) is 0 Å². The van der Waals surface area contributed by atoms with E-state index in [0.717, 1.165) is 11.1 Å². The molecule has 0 atom stereocenters. The Bertz CT molecular complexity index is 673. The van der Waals surface area contributed by atoms with E-state index in [-0.39, 0.29) is 5.56 Å². The van der Waals surface area contributed by atoms with Gasteiger partial charge in [-0.05, 0) is 0 Å². The average molecular weight is 278 g/mol. The molecule has 106 valence electrons. The van der Waals surface area contributed by atoms with Crippen molar-refractivity contribution in [2.24, 2.45) is 0 Å². The van der Waals surface area contributed by atoms with Gasteiger partial charge in [-0.1, -0.05) is 74.5 Å². The fraction of sp³-hybridized carbons (Fsp3) is 0.111. The minimum atomic E-state index is -0.146. The quantitative estimate of drug-likeness (QED) is 0.766. The molecule has 0 unspecified atom stereocenters. The SMILES string of the molecule is CC.O=c1cc(-c2ccccc2)nc(-c2ccccc2)[nH]1. The van der Waals surface area contributed by atoms with Crippen LogP contribution in [0.4, 0.5) is 0 Å². The van der Waals surface area contributed by atoms with Crippen LogP contribution in [0.2, 0.25) is 0 Å². The summed E-state index contributed by atoms with van der Waals surface area (Å²) in [5.74, 6) is 0.590. The molecule has 1 heterocycles. The van der Waals surface area contributed by atoms with Crippen LogP contribution >= 0.6 is 0 Å². The monoisotopic (exact) mass is 278 g/mol. The van der Waals surface area contributed by atoms with Crippen molar-refractivity contribution in [2.45, 2.75) is 13.8 Å². The number of H-pyrrole nitrogens is 1. The maximum absolute atomic E-state index is 11.8. The highest BCUT2D eigenvalue weighted by molar-refractivity contribution is 5.63. The molecule has 0 saturated heterocycles. The van der Waals surface area contributed by atoms with Gasteiger partial charge in [0.15, 0.2) is 0 Å². The lowest BCUT2D eigenvalue weighted by Crippen LogP contribution is -2.08. The molecule has 1 N–H and O–H groups in total. The molecular weight excluding hydrogens is 260 g/mol. The largest absolute Gasteiger partial charge is 0.306 e. The molecule has 0 saturated carbocycles. The number of nitrogens with one attached hydrogen (secondary N) is 1. The van der Waals surface area contributed by atoms with Crippen LogP contribution in [0.1, 0.15) is 13.8 Å². The van der Waals surface area contributed by atoms with E-state index >= 15 is 0 Å². The fourth-order valence-electron chi connectivity index (χ4n) is 1.95. The first kappa shape index (κ1) is 14.7. The van der Waals surface area contributed by atoms with Crippen LogP contribution in [0, 0.1) is 0 Å². The predicted molar refractivity (Wildman–Crippen MR) is 87.1 cm³/mol. The Balaban J connectivity index is 0.000000774. The van der Waals surface area contributed by atoms with Gasteiger partial charge in [0, 0.05) is 17.2 Å². The number of aromatic amines is 1. The third-order valence-corrected chi connectivity index (χ3v) is 2.86. The molecule has 3 rings (SSSR count). The highest BCUT2D eigenvalue weighted by Crippen LogP contribution is 2.18. The number of rotatable bonds is 2. The molecule has 0 fully saturated rings. The van der Waals surface area contributed by atoms with E-state index in [0.29, 0.717) is 11.5 Å². The van der Waals surface area contributed by atoms with Gasteiger partial charge in [0.1, 0.15) is 5.82 Å². The predicted octanol–water partition coefficient (Wildman–Crippen LogP) is 4.13. The van der Waals surface area contributed by atoms with E-state index in [1.165, 1.54) is 6.07 Å². The van der Waals surface area contributed by atoms with Crippen molar-refractivity contribution in [2.75, 3.05) is 0 Å². The summed E-state index contributed by atoms with van der Waals surface area (Å²) in [6.45, 7) is 4.00. The molecule has 0 aliphatic heterocycles. The van der Waals surface area contributed by atoms with Crippen molar-refractivity contribution in [3.8, 4) is 22.6 Å². The minimum Gasteiger partial charge on any atom is -0.306 e. The number of hydrogen-bond donors (Lipinski definition) is 1. The van der Waals surface area contributed by atoms with E-state index < -0.39 is 0 Å². The van der Waals surface area contributed by atoms with Gasteiger partial charge in [-0.15, -0.1) is 0 Å². The Hall–Kier alpha value is -2.68. The number of nitrogens with zero attached hydrogens (tertiary/aromatic N) is 1. The first-order valence-electron chi connectivity index (χ1n) is 7.05. The Kier molecular flexibility index (Phi) is 5.04. The van der Waals surface area contributed by atoms with Crippen LogP contribution in [0.15, 0.2) is 71.5 Å². The van der Waals surface area contributed by atoms with Gasteiger partial charge in [-0.25, -0.2) is 4.98 Å². The van der Waals surface area contributed by atoms with Gasteiger partial charge in [0.05, 0.1) is 5.69 Å². The number of hydrogen-bond acceptors (Lipinski definition) is 2. The molecule has 2 aromatic carbocycles. The fourth-order valence-corrected chi connectivity index (χ4v) is 1.95. The van der Waals surface area contributed by atoms with Crippen LogP contribution in [-0.2, 0) is 0 Å². The zero-order chi connectivity index (χ0) is 15.1. The van der Waals surface area contributed by atoms with Crippen molar-refractivity contribution in [3.63, 3.8) is 0 Å². The van der Waals surface area contributed by atoms with Crippen molar-refractivity contribution in [1.29, 1.82) is 0 Å². The summed E-state index contributed by atoms with van der Waals surface area (Å²) in [4.78, 5) is 19.0. The van der Waals surface area contributed by atoms with Gasteiger partial charge in [0.25, 0.3) is 5.56 Å². The summed E-state index contributed by atoms with van der Waals surface area (Å²) in [6.07, 6.45) is 0. The standard InChI is InChI=1S/C16H12N2O.C2H6/c19-15-11-14(12-7-3-1-4-8-12)17-16(18-15)13-9-5-2-6-10-13;1-2/h1-11H,(H,17,18,19);1-2H3. The maximum atomic E-state index is 11.8. The number of benzene rings is 2. The second-order valence-corrected chi connectivity index (χ2v) is 4.21. The molecule has 3 heteroatoms. The minimum absolute atomic E-state index is 0.146. The normalized spacial score (nSPS) is 9.62. The highest BCUT2D eigenvalue weighted by Gasteiger charge is 2.05. The Morgan fingerprint density at radius 1 is 0.810 bits per heavy atom.